The molecule has 0 N–H and O–H groups in total. The number of nitrogens with zero attached hydrogens (tertiary/aromatic N) is 2. The number of nitro groups is 1. The number of non-ortho nitro benzene ring substituents is 1. The number of carbonyl (C=O) groups excluding carboxylic acids is 1. The van der Waals surface area contributed by atoms with Crippen LogP contribution in [0.5, 0.6) is 5.75 Å². The summed E-state index contributed by atoms with van der Waals surface area (Å²) in [5, 5.41) is 10.7. The third-order valence-electron chi connectivity index (χ3n) is 3.25. The van der Waals surface area contributed by atoms with E-state index in [0.29, 0.717) is 12.3 Å². The number of hydrogen-bond donors (Lipinski definition) is 0. The Kier molecular flexibility index (Phi) is 4.73. The highest BCUT2D eigenvalue weighted by Crippen LogP contribution is 2.22. The van der Waals surface area contributed by atoms with Crippen molar-refractivity contribution >= 4 is 17.3 Å². The highest BCUT2D eigenvalue weighted by Gasteiger charge is 2.13. The maximum Gasteiger partial charge on any atom is 0.269 e. The van der Waals surface area contributed by atoms with Crippen molar-refractivity contribution in [2.75, 3.05) is 12.0 Å². The second kappa shape index (κ2) is 6.71. The fourth-order valence-corrected chi connectivity index (χ4v) is 2.05. The number of carbonyl (C=O) groups is 1. The molecule has 0 heterocycles. The molecule has 0 bridgehead atoms. The maximum absolute atomic E-state index is 11.9. The monoisotopic (exact) mass is 300 g/mol. The Morgan fingerprint density at radius 1 is 1.14 bits per heavy atom. The van der Waals surface area contributed by atoms with Crippen LogP contribution in [0.2, 0.25) is 0 Å². The van der Waals surface area contributed by atoms with Gasteiger partial charge in [0, 0.05) is 24.7 Å². The van der Waals surface area contributed by atoms with Crippen LogP contribution < -0.4 is 9.64 Å². The number of hydrogen-bond acceptors (Lipinski definition) is 4. The Balaban J connectivity index is 2.21. The van der Waals surface area contributed by atoms with Crippen LogP contribution in [0, 0.1) is 10.1 Å². The van der Waals surface area contributed by atoms with Crippen molar-refractivity contribution in [1.29, 1.82) is 0 Å². The molecule has 0 atom stereocenters. The lowest BCUT2D eigenvalue weighted by Crippen LogP contribution is -2.27. The molecule has 1 amide bonds. The van der Waals surface area contributed by atoms with Crippen LogP contribution in [0.1, 0.15) is 12.5 Å². The van der Waals surface area contributed by atoms with E-state index in [1.54, 1.807) is 48.4 Å². The van der Waals surface area contributed by atoms with E-state index in [1.807, 2.05) is 0 Å². The molecular weight excluding hydrogens is 284 g/mol. The predicted octanol–water partition coefficient (Wildman–Crippen LogP) is 3.16. The average Bonchev–Trinajstić information content (AvgIpc) is 2.53. The molecule has 0 radical (unpaired) electrons. The molecule has 114 valence electrons. The SMILES string of the molecule is COc1ccc(N(Cc2ccc([N+](=O)[O-])cc2)C(C)=O)cc1. The molecule has 0 spiro atoms. The molecule has 0 aliphatic rings. The summed E-state index contributed by atoms with van der Waals surface area (Å²) in [5.74, 6) is 0.603. The summed E-state index contributed by atoms with van der Waals surface area (Å²) < 4.78 is 5.10. The van der Waals surface area contributed by atoms with Gasteiger partial charge in [-0.2, -0.15) is 0 Å². The largest absolute Gasteiger partial charge is 0.497 e. The number of benzene rings is 2. The van der Waals surface area contributed by atoms with Crippen molar-refractivity contribution in [2.24, 2.45) is 0 Å². The molecule has 6 nitrogen and oxygen atoms in total. The van der Waals surface area contributed by atoms with Crippen LogP contribution in [0.25, 0.3) is 0 Å². The first-order chi connectivity index (χ1) is 10.5. The summed E-state index contributed by atoms with van der Waals surface area (Å²) in [5.41, 5.74) is 1.59. The van der Waals surface area contributed by atoms with Gasteiger partial charge in [-0.25, -0.2) is 0 Å². The van der Waals surface area contributed by atoms with E-state index in [2.05, 4.69) is 0 Å². The number of rotatable bonds is 5. The normalized spacial score (nSPS) is 10.1. The summed E-state index contributed by atoms with van der Waals surface area (Å²) in [6, 6.07) is 13.3. The number of ether oxygens (including phenoxy) is 1. The highest BCUT2D eigenvalue weighted by molar-refractivity contribution is 5.91. The van der Waals surface area contributed by atoms with E-state index in [0.717, 1.165) is 11.3 Å². The Bertz CT molecular complexity index is 666. The van der Waals surface area contributed by atoms with Crippen molar-refractivity contribution in [2.45, 2.75) is 13.5 Å². The second-order valence-corrected chi connectivity index (χ2v) is 4.73. The second-order valence-electron chi connectivity index (χ2n) is 4.73. The smallest absolute Gasteiger partial charge is 0.269 e. The zero-order valence-corrected chi connectivity index (χ0v) is 12.4. The van der Waals surface area contributed by atoms with Crippen LogP contribution in [0.15, 0.2) is 48.5 Å². The molecule has 2 rings (SSSR count). The van der Waals surface area contributed by atoms with Crippen molar-refractivity contribution in [3.05, 3.63) is 64.2 Å². The molecular formula is C16H16N2O4. The Labute approximate surface area is 128 Å². The van der Waals surface area contributed by atoms with E-state index < -0.39 is 4.92 Å². The first-order valence-electron chi connectivity index (χ1n) is 6.66. The summed E-state index contributed by atoms with van der Waals surface area (Å²) in [4.78, 5) is 23.7. The lowest BCUT2D eigenvalue weighted by atomic mass is 10.1. The highest BCUT2D eigenvalue weighted by atomic mass is 16.6. The fraction of sp³-hybridized carbons (Fsp3) is 0.188. The first-order valence-corrected chi connectivity index (χ1v) is 6.66. The van der Waals surface area contributed by atoms with Gasteiger partial charge in [-0.15, -0.1) is 0 Å². The molecule has 22 heavy (non-hydrogen) atoms. The third-order valence-corrected chi connectivity index (χ3v) is 3.25. The zero-order valence-electron chi connectivity index (χ0n) is 12.4. The number of methoxy groups -OCH3 is 1. The Morgan fingerprint density at radius 2 is 1.73 bits per heavy atom. The van der Waals surface area contributed by atoms with Crippen molar-refractivity contribution in [1.82, 2.24) is 0 Å². The molecule has 2 aromatic carbocycles. The van der Waals surface area contributed by atoms with Crippen molar-refractivity contribution in [3.8, 4) is 5.75 Å². The first kappa shape index (κ1) is 15.5. The standard InChI is InChI=1S/C16H16N2O4/c1-12(19)17(14-7-9-16(22-2)10-8-14)11-13-3-5-15(6-4-13)18(20)21/h3-10H,11H2,1-2H3. The summed E-state index contributed by atoms with van der Waals surface area (Å²) >= 11 is 0. The third kappa shape index (κ3) is 3.60. The molecule has 0 fully saturated rings. The van der Waals surface area contributed by atoms with Gasteiger partial charge in [0.05, 0.1) is 18.6 Å². The van der Waals surface area contributed by atoms with Gasteiger partial charge in [0.25, 0.3) is 5.69 Å². The van der Waals surface area contributed by atoms with Crippen molar-refractivity contribution < 1.29 is 14.5 Å². The lowest BCUT2D eigenvalue weighted by Gasteiger charge is -2.21. The Morgan fingerprint density at radius 3 is 2.18 bits per heavy atom. The van der Waals surface area contributed by atoms with E-state index in [4.69, 9.17) is 4.74 Å². The Hall–Kier alpha value is -2.89. The van der Waals surface area contributed by atoms with Gasteiger partial charge in [-0.3, -0.25) is 14.9 Å². The van der Waals surface area contributed by atoms with Crippen LogP contribution >= 0.6 is 0 Å². The molecule has 2 aromatic rings. The molecule has 0 unspecified atom stereocenters. The van der Waals surface area contributed by atoms with Gasteiger partial charge >= 0.3 is 0 Å². The number of amides is 1. The van der Waals surface area contributed by atoms with Crippen molar-refractivity contribution in [3.63, 3.8) is 0 Å². The van der Waals surface area contributed by atoms with E-state index in [-0.39, 0.29) is 11.6 Å². The van der Waals surface area contributed by atoms with E-state index in [1.165, 1.54) is 19.1 Å². The quantitative estimate of drug-likeness (QED) is 0.628. The summed E-state index contributed by atoms with van der Waals surface area (Å²) in [6.45, 7) is 1.83. The fourth-order valence-electron chi connectivity index (χ4n) is 2.05. The van der Waals surface area contributed by atoms with E-state index >= 15 is 0 Å². The predicted molar refractivity (Wildman–Crippen MR) is 83.0 cm³/mol. The van der Waals surface area contributed by atoms with Crippen LogP contribution in [0.4, 0.5) is 11.4 Å². The van der Waals surface area contributed by atoms with Crippen LogP contribution in [-0.4, -0.2) is 17.9 Å². The zero-order chi connectivity index (χ0) is 16.1. The molecule has 0 aromatic heterocycles. The average molecular weight is 300 g/mol. The van der Waals surface area contributed by atoms with Gasteiger partial charge in [-0.1, -0.05) is 12.1 Å². The molecule has 0 aliphatic carbocycles. The minimum atomic E-state index is -0.448. The molecule has 0 saturated heterocycles. The van der Waals surface area contributed by atoms with Gasteiger partial charge in [-0.05, 0) is 29.8 Å². The van der Waals surface area contributed by atoms with Crippen LogP contribution in [-0.2, 0) is 11.3 Å². The minimum absolute atomic E-state index is 0.0302. The summed E-state index contributed by atoms with van der Waals surface area (Å²) in [7, 11) is 1.58. The van der Waals surface area contributed by atoms with Crippen LogP contribution in [0.3, 0.4) is 0 Å². The van der Waals surface area contributed by atoms with Gasteiger partial charge in [0.15, 0.2) is 0 Å². The maximum atomic E-state index is 11.9. The molecule has 0 saturated carbocycles. The van der Waals surface area contributed by atoms with Gasteiger partial charge < -0.3 is 9.64 Å². The number of nitro benzene ring substituents is 1. The number of anilines is 1. The van der Waals surface area contributed by atoms with Gasteiger partial charge in [0.2, 0.25) is 5.91 Å². The molecule has 0 aliphatic heterocycles. The lowest BCUT2D eigenvalue weighted by molar-refractivity contribution is -0.384. The topological polar surface area (TPSA) is 72.7 Å². The molecule has 6 heteroatoms. The van der Waals surface area contributed by atoms with Gasteiger partial charge in [0.1, 0.15) is 5.75 Å². The summed E-state index contributed by atoms with van der Waals surface area (Å²) in [6.07, 6.45) is 0. The minimum Gasteiger partial charge on any atom is -0.497 e. The van der Waals surface area contributed by atoms with E-state index in [9.17, 15) is 14.9 Å².